The van der Waals surface area contributed by atoms with Crippen LogP contribution >= 0.6 is 0 Å². The van der Waals surface area contributed by atoms with Crippen LogP contribution in [0, 0.1) is 0 Å². The summed E-state index contributed by atoms with van der Waals surface area (Å²) < 4.78 is 27.3. The van der Waals surface area contributed by atoms with E-state index in [2.05, 4.69) is 0 Å². The van der Waals surface area contributed by atoms with Gasteiger partial charge in [-0.15, -0.1) is 0 Å². The lowest BCUT2D eigenvalue weighted by atomic mass is 9.98. The maximum absolute atomic E-state index is 12.5. The second kappa shape index (κ2) is 13.4. The van der Waals surface area contributed by atoms with E-state index in [1.54, 1.807) is 12.1 Å². The molecule has 2 fully saturated rings. The number of carbonyl (C=O) groups excluding carboxylic acids is 1. The summed E-state index contributed by atoms with van der Waals surface area (Å²) in [4.78, 5) is 12.5. The number of rotatable bonds is 9. The van der Waals surface area contributed by atoms with Crippen molar-refractivity contribution in [2.75, 3.05) is 13.2 Å². The van der Waals surface area contributed by atoms with Crippen molar-refractivity contribution >= 4 is 5.97 Å². The molecule has 0 amide bonds. The highest BCUT2D eigenvalue weighted by Crippen LogP contribution is 2.36. The molecular weight excluding hydrogens is 564 g/mol. The Morgan fingerprint density at radius 2 is 1.40 bits per heavy atom. The fourth-order valence-corrected chi connectivity index (χ4v) is 4.53. The highest BCUT2D eigenvalue weighted by molar-refractivity contribution is 5.91. The molecule has 0 radical (unpaired) electrons. The van der Waals surface area contributed by atoms with E-state index in [1.807, 2.05) is 19.1 Å². The lowest BCUT2D eigenvalue weighted by Crippen LogP contribution is -2.62. The molecule has 0 spiro atoms. The molecule has 15 heteroatoms. The number of phenols is 3. The zero-order valence-corrected chi connectivity index (χ0v) is 22.3. The van der Waals surface area contributed by atoms with E-state index in [4.69, 9.17) is 23.7 Å². The van der Waals surface area contributed by atoms with Crippen LogP contribution in [-0.4, -0.2) is 127 Å². The van der Waals surface area contributed by atoms with Crippen molar-refractivity contribution in [3.05, 3.63) is 47.5 Å². The first-order chi connectivity index (χ1) is 19.9. The van der Waals surface area contributed by atoms with Crippen molar-refractivity contribution in [3.8, 4) is 23.0 Å². The number of aliphatic hydroxyl groups excluding tert-OH is 6. The smallest absolute Gasteiger partial charge is 0.340 e. The summed E-state index contributed by atoms with van der Waals surface area (Å²) in [6, 6.07) is 8.55. The van der Waals surface area contributed by atoms with E-state index in [0.29, 0.717) is 5.75 Å². The Labute approximate surface area is 239 Å². The van der Waals surface area contributed by atoms with Crippen molar-refractivity contribution in [2.24, 2.45) is 0 Å². The first-order valence-corrected chi connectivity index (χ1v) is 13.1. The van der Waals surface area contributed by atoms with Crippen molar-refractivity contribution in [3.63, 3.8) is 0 Å². The summed E-state index contributed by atoms with van der Waals surface area (Å²) in [6.07, 6.45) is -15.3. The van der Waals surface area contributed by atoms with E-state index >= 15 is 0 Å². The van der Waals surface area contributed by atoms with Gasteiger partial charge in [0.15, 0.2) is 29.6 Å². The number of aliphatic hydroxyl groups is 6. The first kappa shape index (κ1) is 31.7. The second-order valence-electron chi connectivity index (χ2n) is 9.90. The first-order valence-electron chi connectivity index (χ1n) is 13.1. The number of esters is 1. The predicted octanol–water partition coefficient (Wildman–Crippen LogP) is -1.77. The molecule has 2 aromatic carbocycles. The van der Waals surface area contributed by atoms with Crippen molar-refractivity contribution in [2.45, 2.75) is 74.8 Å². The average molecular weight is 599 g/mol. The third-order valence-corrected chi connectivity index (χ3v) is 7.05. The molecule has 232 valence electrons. The average Bonchev–Trinajstić information content (AvgIpc) is 2.98. The molecule has 15 nitrogen and oxygen atoms in total. The van der Waals surface area contributed by atoms with Crippen LogP contribution in [-0.2, 0) is 25.4 Å². The third kappa shape index (κ3) is 6.70. The van der Waals surface area contributed by atoms with Gasteiger partial charge in [0.1, 0.15) is 48.5 Å². The summed E-state index contributed by atoms with van der Waals surface area (Å²) in [5.74, 6) is -3.39. The van der Waals surface area contributed by atoms with Crippen LogP contribution in [0.25, 0.3) is 0 Å². The highest BCUT2D eigenvalue weighted by atomic mass is 16.7. The number of hydrogen-bond donors (Lipinski definition) is 9. The Morgan fingerprint density at radius 3 is 2.00 bits per heavy atom. The standard InChI is InChI=1S/C27H34O15/c1-2-11-3-5-13(6-4-11)39-24-16(9-28)40-26(23(36)21(24)34)38-10-17-19(32)20(33)22(35)27(41-17)42-25(37)12-7-14(29)18(31)15(30)8-12/h3-8,16-17,19-24,26-36H,2,9-10H2,1H3. The summed E-state index contributed by atoms with van der Waals surface area (Å²) in [6.45, 7) is 0.752. The SMILES string of the molecule is CCc1ccc(OC2C(CO)OC(OCC3OC(OC(=O)c4cc(O)c(O)c(O)c4)C(O)C(O)C3O)C(O)C2O)cc1. The Morgan fingerprint density at radius 1 is 0.810 bits per heavy atom. The summed E-state index contributed by atoms with van der Waals surface area (Å²) in [5.41, 5.74) is 0.614. The van der Waals surface area contributed by atoms with E-state index in [-0.39, 0.29) is 0 Å². The number of carbonyl (C=O) groups is 1. The Balaban J connectivity index is 1.39. The van der Waals surface area contributed by atoms with Crippen molar-refractivity contribution in [1.29, 1.82) is 0 Å². The Bertz CT molecular complexity index is 1180. The number of aromatic hydroxyl groups is 3. The van der Waals surface area contributed by atoms with Crippen LogP contribution in [0.4, 0.5) is 0 Å². The van der Waals surface area contributed by atoms with Gasteiger partial charge in [-0.3, -0.25) is 0 Å². The van der Waals surface area contributed by atoms with Crippen LogP contribution in [0.15, 0.2) is 36.4 Å². The summed E-state index contributed by atoms with van der Waals surface area (Å²) in [7, 11) is 0. The Hall–Kier alpha value is -3.25. The molecule has 9 N–H and O–H groups in total. The molecule has 10 unspecified atom stereocenters. The number of ether oxygens (including phenoxy) is 5. The normalized spacial score (nSPS) is 33.2. The maximum atomic E-state index is 12.5. The van der Waals surface area contributed by atoms with Gasteiger partial charge < -0.3 is 69.6 Å². The highest BCUT2D eigenvalue weighted by Gasteiger charge is 2.49. The zero-order valence-electron chi connectivity index (χ0n) is 22.3. The van der Waals surface area contributed by atoms with Crippen LogP contribution in [0.2, 0.25) is 0 Å². The summed E-state index contributed by atoms with van der Waals surface area (Å²) >= 11 is 0. The number of benzene rings is 2. The molecule has 0 aliphatic carbocycles. The fourth-order valence-electron chi connectivity index (χ4n) is 4.53. The molecule has 0 saturated carbocycles. The van der Waals surface area contributed by atoms with Gasteiger partial charge in [-0.1, -0.05) is 19.1 Å². The third-order valence-electron chi connectivity index (χ3n) is 7.05. The lowest BCUT2D eigenvalue weighted by Gasteiger charge is -2.43. The van der Waals surface area contributed by atoms with Gasteiger partial charge in [0.05, 0.1) is 18.8 Å². The zero-order chi connectivity index (χ0) is 30.7. The van der Waals surface area contributed by atoms with Crippen LogP contribution in [0.5, 0.6) is 23.0 Å². The van der Waals surface area contributed by atoms with E-state index in [0.717, 1.165) is 24.1 Å². The van der Waals surface area contributed by atoms with Gasteiger partial charge in [-0.2, -0.15) is 0 Å². The molecule has 10 atom stereocenters. The van der Waals surface area contributed by atoms with Gasteiger partial charge >= 0.3 is 5.97 Å². The predicted molar refractivity (Wildman–Crippen MR) is 137 cm³/mol. The van der Waals surface area contributed by atoms with E-state index < -0.39 is 103 Å². The molecule has 42 heavy (non-hydrogen) atoms. The summed E-state index contributed by atoms with van der Waals surface area (Å²) in [5, 5.41) is 90.9. The number of hydrogen-bond acceptors (Lipinski definition) is 15. The molecule has 2 saturated heterocycles. The minimum atomic E-state index is -1.93. The molecule has 0 bridgehead atoms. The topological polar surface area (TPSA) is 245 Å². The number of aryl methyl sites for hydroxylation is 1. The molecule has 2 aliphatic heterocycles. The molecule has 0 aromatic heterocycles. The van der Waals surface area contributed by atoms with Gasteiger partial charge in [-0.25, -0.2) is 4.79 Å². The van der Waals surface area contributed by atoms with E-state index in [1.165, 1.54) is 0 Å². The fraction of sp³-hybridized carbons (Fsp3) is 0.519. The van der Waals surface area contributed by atoms with E-state index in [9.17, 15) is 50.8 Å². The Kier molecular flexibility index (Phi) is 10.1. The minimum absolute atomic E-state index is 0.370. The quantitative estimate of drug-likeness (QED) is 0.115. The van der Waals surface area contributed by atoms with Gasteiger partial charge in [0.25, 0.3) is 0 Å². The minimum Gasteiger partial charge on any atom is -0.504 e. The maximum Gasteiger partial charge on any atom is 0.340 e. The van der Waals surface area contributed by atoms with Crippen LogP contribution in [0.1, 0.15) is 22.8 Å². The van der Waals surface area contributed by atoms with Gasteiger partial charge in [-0.05, 0) is 36.2 Å². The van der Waals surface area contributed by atoms with Crippen LogP contribution < -0.4 is 4.74 Å². The lowest BCUT2D eigenvalue weighted by molar-refractivity contribution is -0.323. The molecule has 4 rings (SSSR count). The van der Waals surface area contributed by atoms with Crippen molar-refractivity contribution < 1.29 is 74.4 Å². The van der Waals surface area contributed by atoms with Gasteiger partial charge in [0.2, 0.25) is 6.29 Å². The molecular formula is C27H34O15. The van der Waals surface area contributed by atoms with Crippen LogP contribution in [0.3, 0.4) is 0 Å². The molecule has 2 heterocycles. The second-order valence-corrected chi connectivity index (χ2v) is 9.90. The molecule has 2 aliphatic rings. The van der Waals surface area contributed by atoms with Gasteiger partial charge in [0, 0.05) is 0 Å². The largest absolute Gasteiger partial charge is 0.504 e. The molecule has 2 aromatic rings. The monoisotopic (exact) mass is 598 g/mol. The van der Waals surface area contributed by atoms with Crippen molar-refractivity contribution in [1.82, 2.24) is 0 Å². The number of phenolic OH excluding ortho intramolecular Hbond substituents is 3.